The minimum Gasteiger partial charge on any atom is -0.439 e. The zero-order chi connectivity index (χ0) is 12.1. The molecule has 0 aromatic carbocycles. The van der Waals surface area contributed by atoms with Crippen molar-refractivity contribution in [3.05, 3.63) is 0 Å². The van der Waals surface area contributed by atoms with Gasteiger partial charge in [-0.15, -0.1) is 0 Å². The fraction of sp³-hybridized carbons (Fsp3) is 0.800. The van der Waals surface area contributed by atoms with Gasteiger partial charge in [0, 0.05) is 25.9 Å². The summed E-state index contributed by atoms with van der Waals surface area (Å²) in [6.07, 6.45) is 0.586. The molecule has 1 aliphatic heterocycles. The van der Waals surface area contributed by atoms with E-state index in [-0.39, 0.29) is 5.97 Å². The molecule has 0 aromatic heterocycles. The van der Waals surface area contributed by atoms with Crippen molar-refractivity contribution in [2.24, 2.45) is 0 Å². The quantitative estimate of drug-likeness (QED) is 0.581. The van der Waals surface area contributed by atoms with E-state index in [1.54, 1.807) is 0 Å². The summed E-state index contributed by atoms with van der Waals surface area (Å²) in [7, 11) is 0. The number of hydrogen-bond acceptors (Lipinski definition) is 4. The second kappa shape index (κ2) is 5.69. The number of carbonyl (C=O) groups is 2. The van der Waals surface area contributed by atoms with E-state index in [1.807, 2.05) is 13.8 Å². The summed E-state index contributed by atoms with van der Waals surface area (Å²) in [5.41, 5.74) is 0. The highest BCUT2D eigenvalue weighted by molar-refractivity contribution is 5.75. The third kappa shape index (κ3) is 2.85. The van der Waals surface area contributed by atoms with Gasteiger partial charge in [0.05, 0.1) is 0 Å². The molecule has 6 nitrogen and oxygen atoms in total. The Hall–Kier alpha value is -1.30. The third-order valence-corrected chi connectivity index (χ3v) is 2.49. The second-order valence-electron chi connectivity index (χ2n) is 3.69. The zero-order valence-electron chi connectivity index (χ0n) is 9.68. The molecule has 92 valence electrons. The van der Waals surface area contributed by atoms with Crippen LogP contribution >= 0.6 is 0 Å². The first-order chi connectivity index (χ1) is 7.60. The van der Waals surface area contributed by atoms with Gasteiger partial charge in [0.15, 0.2) is 0 Å². The van der Waals surface area contributed by atoms with Crippen molar-refractivity contribution in [3.8, 4) is 0 Å². The SMILES string of the molecule is CCCC(=O)OC1CCN(CC)C(=O)N1O. The lowest BCUT2D eigenvalue weighted by Crippen LogP contribution is -2.54. The standard InChI is InChI=1S/C10H18N2O4/c1-3-5-9(13)16-8-6-7-11(4-2)10(14)12(8)15/h8,15H,3-7H2,1-2H3. The van der Waals surface area contributed by atoms with Crippen LogP contribution in [0.2, 0.25) is 0 Å². The van der Waals surface area contributed by atoms with Gasteiger partial charge in [-0.3, -0.25) is 10.0 Å². The molecule has 0 aromatic rings. The fourth-order valence-electron chi connectivity index (χ4n) is 1.57. The fourth-order valence-corrected chi connectivity index (χ4v) is 1.57. The molecular weight excluding hydrogens is 212 g/mol. The lowest BCUT2D eigenvalue weighted by atomic mass is 10.3. The monoisotopic (exact) mass is 230 g/mol. The van der Waals surface area contributed by atoms with Gasteiger partial charge in [-0.2, -0.15) is 5.06 Å². The summed E-state index contributed by atoms with van der Waals surface area (Å²) < 4.78 is 5.00. The molecule has 1 saturated heterocycles. The Bertz CT molecular complexity index is 270. The highest BCUT2D eigenvalue weighted by atomic mass is 16.6. The summed E-state index contributed by atoms with van der Waals surface area (Å²) in [5, 5.41) is 10.0. The highest BCUT2D eigenvalue weighted by Crippen LogP contribution is 2.15. The smallest absolute Gasteiger partial charge is 0.347 e. The van der Waals surface area contributed by atoms with E-state index >= 15 is 0 Å². The molecule has 1 atom stereocenters. The maximum absolute atomic E-state index is 11.5. The Morgan fingerprint density at radius 3 is 2.81 bits per heavy atom. The van der Waals surface area contributed by atoms with Crippen LogP contribution in [0.4, 0.5) is 4.79 Å². The molecule has 0 aliphatic carbocycles. The minimum atomic E-state index is -0.839. The summed E-state index contributed by atoms with van der Waals surface area (Å²) >= 11 is 0. The number of ether oxygens (including phenoxy) is 1. The predicted molar refractivity (Wildman–Crippen MR) is 55.7 cm³/mol. The van der Waals surface area contributed by atoms with E-state index in [2.05, 4.69) is 0 Å². The average molecular weight is 230 g/mol. The maximum Gasteiger partial charge on any atom is 0.347 e. The van der Waals surface area contributed by atoms with Crippen LogP contribution in [0, 0.1) is 0 Å². The van der Waals surface area contributed by atoms with Crippen molar-refractivity contribution in [1.29, 1.82) is 0 Å². The molecule has 1 fully saturated rings. The van der Waals surface area contributed by atoms with Crippen LogP contribution in [0.5, 0.6) is 0 Å². The number of hydrogen-bond donors (Lipinski definition) is 1. The number of nitrogens with zero attached hydrogens (tertiary/aromatic N) is 2. The summed E-state index contributed by atoms with van der Waals surface area (Å²) in [4.78, 5) is 24.2. The highest BCUT2D eigenvalue weighted by Gasteiger charge is 2.33. The molecule has 2 amide bonds. The van der Waals surface area contributed by atoms with Crippen LogP contribution in [0.25, 0.3) is 0 Å². The molecule has 1 rings (SSSR count). The van der Waals surface area contributed by atoms with Gasteiger partial charge >= 0.3 is 12.0 Å². The molecule has 16 heavy (non-hydrogen) atoms. The van der Waals surface area contributed by atoms with E-state index in [4.69, 9.17) is 4.74 Å². The molecule has 0 radical (unpaired) electrons. The van der Waals surface area contributed by atoms with Crippen molar-refractivity contribution in [2.45, 2.75) is 39.3 Å². The molecular formula is C10H18N2O4. The Labute approximate surface area is 94.7 Å². The van der Waals surface area contributed by atoms with E-state index in [1.165, 1.54) is 4.90 Å². The Kier molecular flexibility index (Phi) is 4.54. The van der Waals surface area contributed by atoms with Crippen LogP contribution in [-0.2, 0) is 9.53 Å². The number of hydroxylamine groups is 2. The van der Waals surface area contributed by atoms with Crippen LogP contribution in [-0.4, -0.2) is 46.5 Å². The van der Waals surface area contributed by atoms with Crippen LogP contribution in [0.15, 0.2) is 0 Å². The summed E-state index contributed by atoms with van der Waals surface area (Å²) in [6.45, 7) is 4.72. The van der Waals surface area contributed by atoms with Gasteiger partial charge < -0.3 is 9.64 Å². The Morgan fingerprint density at radius 2 is 2.25 bits per heavy atom. The Morgan fingerprint density at radius 1 is 1.56 bits per heavy atom. The molecule has 1 unspecified atom stereocenters. The molecule has 6 heteroatoms. The number of esters is 1. The molecule has 0 bridgehead atoms. The first kappa shape index (κ1) is 12.8. The normalized spacial score (nSPS) is 21.2. The van der Waals surface area contributed by atoms with E-state index in [9.17, 15) is 14.8 Å². The maximum atomic E-state index is 11.5. The van der Waals surface area contributed by atoms with E-state index in [0.717, 1.165) is 0 Å². The molecule has 0 spiro atoms. The van der Waals surface area contributed by atoms with E-state index in [0.29, 0.717) is 37.4 Å². The van der Waals surface area contributed by atoms with Crippen molar-refractivity contribution >= 4 is 12.0 Å². The number of carbonyl (C=O) groups excluding carboxylic acids is 2. The lowest BCUT2D eigenvalue weighted by molar-refractivity contribution is -0.205. The summed E-state index contributed by atoms with van der Waals surface area (Å²) in [6, 6.07) is -0.511. The number of urea groups is 1. The zero-order valence-corrected chi connectivity index (χ0v) is 9.68. The van der Waals surface area contributed by atoms with Gasteiger partial charge in [0.2, 0.25) is 6.23 Å². The Balaban J connectivity index is 2.51. The van der Waals surface area contributed by atoms with Crippen molar-refractivity contribution in [2.75, 3.05) is 13.1 Å². The van der Waals surface area contributed by atoms with Crippen molar-refractivity contribution in [3.63, 3.8) is 0 Å². The van der Waals surface area contributed by atoms with Crippen molar-refractivity contribution in [1.82, 2.24) is 9.96 Å². The van der Waals surface area contributed by atoms with Crippen molar-refractivity contribution < 1.29 is 19.5 Å². The first-order valence-corrected chi connectivity index (χ1v) is 5.56. The van der Waals surface area contributed by atoms with Gasteiger partial charge in [0.25, 0.3) is 0 Å². The van der Waals surface area contributed by atoms with Gasteiger partial charge in [-0.05, 0) is 13.3 Å². The summed E-state index contributed by atoms with van der Waals surface area (Å²) in [5.74, 6) is -0.385. The third-order valence-electron chi connectivity index (χ3n) is 2.49. The molecule has 0 saturated carbocycles. The lowest BCUT2D eigenvalue weighted by Gasteiger charge is -2.36. The van der Waals surface area contributed by atoms with Gasteiger partial charge in [-0.1, -0.05) is 6.92 Å². The largest absolute Gasteiger partial charge is 0.439 e. The predicted octanol–water partition coefficient (Wildman–Crippen LogP) is 1.19. The first-order valence-electron chi connectivity index (χ1n) is 5.56. The minimum absolute atomic E-state index is 0.302. The van der Waals surface area contributed by atoms with Crippen LogP contribution in [0.1, 0.15) is 33.1 Å². The molecule has 1 N–H and O–H groups in total. The number of amides is 2. The number of rotatable bonds is 4. The molecule has 1 heterocycles. The van der Waals surface area contributed by atoms with Crippen LogP contribution < -0.4 is 0 Å². The van der Waals surface area contributed by atoms with Gasteiger partial charge in [0.1, 0.15) is 0 Å². The second-order valence-corrected chi connectivity index (χ2v) is 3.69. The topological polar surface area (TPSA) is 70.1 Å². The van der Waals surface area contributed by atoms with E-state index < -0.39 is 12.3 Å². The molecule has 1 aliphatic rings. The van der Waals surface area contributed by atoms with Gasteiger partial charge in [-0.25, -0.2) is 4.79 Å². The van der Waals surface area contributed by atoms with Crippen LogP contribution in [0.3, 0.4) is 0 Å². The average Bonchev–Trinajstić information content (AvgIpc) is 2.25.